The van der Waals surface area contributed by atoms with Gasteiger partial charge in [-0.25, -0.2) is 0 Å². The second kappa shape index (κ2) is 15.1. The summed E-state index contributed by atoms with van der Waals surface area (Å²) in [5.74, 6) is 3.45. The molecule has 0 atom stereocenters. The predicted octanol–water partition coefficient (Wildman–Crippen LogP) is 12.5. The van der Waals surface area contributed by atoms with Crippen LogP contribution in [0.5, 0.6) is 34.5 Å². The number of rotatable bonds is 6. The second-order valence-corrected chi connectivity index (χ2v) is 14.4. The van der Waals surface area contributed by atoms with E-state index < -0.39 is 0 Å². The molecule has 288 valence electrons. The van der Waals surface area contributed by atoms with Crippen molar-refractivity contribution in [3.63, 3.8) is 0 Å². The SMILES string of the molecule is COc1c2cc(C)cc1c1cc(C)cc(c1OC)c1cc(C)cc(oc3cc(C)cc(c3OC)c3cc(C)cc(c3OC)c3cc(C)cc(o2)c3OC)c1OC. The maximum absolute atomic E-state index is 6.89. The maximum Gasteiger partial charge on any atom is 0.170 e. The van der Waals surface area contributed by atoms with Crippen LogP contribution in [-0.2, 0) is 0 Å². The normalized spacial score (nSPS) is 11.2. The lowest BCUT2D eigenvalue weighted by Gasteiger charge is -2.15. The third kappa shape index (κ3) is 6.59. The Morgan fingerprint density at radius 1 is 0.250 bits per heavy atom. The van der Waals surface area contributed by atoms with E-state index in [1.165, 1.54) is 0 Å². The number of aryl methyl sites for hydroxylation is 6. The van der Waals surface area contributed by atoms with Crippen LogP contribution in [0, 0.1) is 41.5 Å². The average Bonchev–Trinajstić information content (AvgIpc) is 3.16. The Bertz CT molecular complexity index is 2510. The molecule has 0 spiro atoms. The molecule has 56 heavy (non-hydrogen) atoms. The number of methoxy groups -OCH3 is 6. The highest BCUT2D eigenvalue weighted by Gasteiger charge is 2.19. The van der Waals surface area contributed by atoms with Crippen molar-refractivity contribution < 1.29 is 37.3 Å². The van der Waals surface area contributed by atoms with E-state index in [9.17, 15) is 0 Å². The minimum absolute atomic E-state index is 0.523. The fraction of sp³-hybridized carbons (Fsp3) is 0.250. The Balaban J connectivity index is 1.92. The van der Waals surface area contributed by atoms with Crippen molar-refractivity contribution in [3.8, 4) is 34.5 Å². The lowest BCUT2D eigenvalue weighted by atomic mass is 10.00. The highest BCUT2D eigenvalue weighted by atomic mass is 16.5. The van der Waals surface area contributed by atoms with E-state index in [1.54, 1.807) is 42.7 Å². The monoisotopic (exact) mass is 752 g/mol. The molecule has 0 unspecified atom stereocenters. The Labute approximate surface area is 326 Å². The summed E-state index contributed by atoms with van der Waals surface area (Å²) in [5, 5.41) is 6.51. The summed E-state index contributed by atoms with van der Waals surface area (Å²) in [5.41, 5.74) is 7.98. The van der Waals surface area contributed by atoms with E-state index in [0.717, 1.165) is 76.5 Å². The van der Waals surface area contributed by atoms with E-state index in [4.69, 9.17) is 37.3 Å². The fourth-order valence-corrected chi connectivity index (χ4v) is 7.93. The van der Waals surface area contributed by atoms with Gasteiger partial charge in [0, 0.05) is 43.1 Å². The highest BCUT2D eigenvalue weighted by molar-refractivity contribution is 6.08. The molecular formula is C48H48O8. The molecule has 0 aliphatic heterocycles. The van der Waals surface area contributed by atoms with E-state index >= 15 is 0 Å². The summed E-state index contributed by atoms with van der Waals surface area (Å²) in [4.78, 5) is 0. The first-order valence-corrected chi connectivity index (χ1v) is 18.4. The van der Waals surface area contributed by atoms with Gasteiger partial charge in [0.05, 0.1) is 42.7 Å². The first-order valence-electron chi connectivity index (χ1n) is 18.4. The molecule has 0 aliphatic carbocycles. The van der Waals surface area contributed by atoms with Gasteiger partial charge in [0.25, 0.3) is 0 Å². The molecule has 1 aromatic heterocycles. The summed E-state index contributed by atoms with van der Waals surface area (Å²) < 4.78 is 51.2. The van der Waals surface area contributed by atoms with Gasteiger partial charge in [0.2, 0.25) is 0 Å². The van der Waals surface area contributed by atoms with Gasteiger partial charge in [-0.05, 0) is 148 Å². The van der Waals surface area contributed by atoms with Gasteiger partial charge in [0.1, 0.15) is 11.5 Å². The molecule has 0 saturated carbocycles. The molecule has 0 amide bonds. The van der Waals surface area contributed by atoms with Gasteiger partial charge in [-0.1, -0.05) is 0 Å². The summed E-state index contributed by atoms with van der Waals surface area (Å²) in [7, 11) is 9.96. The van der Waals surface area contributed by atoms with Crippen LogP contribution < -0.4 is 28.4 Å². The zero-order valence-electron chi connectivity index (χ0n) is 34.2. The van der Waals surface area contributed by atoms with Crippen LogP contribution >= 0.6 is 0 Å². The molecule has 8 nitrogen and oxygen atoms in total. The van der Waals surface area contributed by atoms with Crippen LogP contribution in [-0.4, -0.2) is 42.7 Å². The number of ether oxygens (including phenoxy) is 6. The van der Waals surface area contributed by atoms with E-state index in [-0.39, 0.29) is 0 Å². The molecule has 1 heterocycles. The van der Waals surface area contributed by atoms with Crippen molar-refractivity contribution in [1.29, 1.82) is 0 Å². The minimum atomic E-state index is 0.523. The predicted molar refractivity (Wildman–Crippen MR) is 228 cm³/mol. The van der Waals surface area contributed by atoms with Gasteiger partial charge in [-0.2, -0.15) is 0 Å². The topological polar surface area (TPSA) is 81.7 Å². The molecule has 0 radical (unpaired) electrons. The van der Waals surface area contributed by atoms with Crippen molar-refractivity contribution >= 4 is 65.4 Å². The quantitative estimate of drug-likeness (QED) is 0.166. The van der Waals surface area contributed by atoms with Crippen LogP contribution in [0.3, 0.4) is 0 Å². The lowest BCUT2D eigenvalue weighted by Crippen LogP contribution is -1.94. The van der Waals surface area contributed by atoms with E-state index in [1.807, 2.05) is 52.0 Å². The number of hydrogen-bond acceptors (Lipinski definition) is 8. The average molecular weight is 753 g/mol. The van der Waals surface area contributed by atoms with Gasteiger partial charge in [-0.15, -0.1) is 0 Å². The molecule has 8 heteroatoms. The first kappa shape index (κ1) is 38.0. The summed E-state index contributed by atoms with van der Waals surface area (Å²) >= 11 is 0. The van der Waals surface area contributed by atoms with Crippen molar-refractivity contribution in [2.75, 3.05) is 42.7 Å². The minimum Gasteiger partial charge on any atom is -0.495 e. The van der Waals surface area contributed by atoms with E-state index in [2.05, 4.69) is 62.4 Å². The molecular weight excluding hydrogens is 705 g/mol. The molecule has 0 saturated heterocycles. The highest BCUT2D eigenvalue weighted by Crippen LogP contribution is 2.45. The van der Waals surface area contributed by atoms with Crippen LogP contribution in [0.4, 0.5) is 0 Å². The molecule has 0 N–H and O–H groups in total. The molecule has 6 aromatic carbocycles. The van der Waals surface area contributed by atoms with Crippen LogP contribution in [0.2, 0.25) is 0 Å². The molecule has 0 fully saturated rings. The zero-order chi connectivity index (χ0) is 40.0. The Kier molecular flexibility index (Phi) is 10.2. The number of hydrogen-bond donors (Lipinski definition) is 0. The second-order valence-electron chi connectivity index (χ2n) is 14.4. The zero-order valence-corrected chi connectivity index (χ0v) is 34.2. The van der Waals surface area contributed by atoms with Crippen molar-refractivity contribution in [3.05, 3.63) is 106 Å². The van der Waals surface area contributed by atoms with Gasteiger partial charge < -0.3 is 37.3 Å². The molecule has 7 aromatic rings. The number of fused-ring (bicyclic) bond motifs is 16. The van der Waals surface area contributed by atoms with Gasteiger partial charge >= 0.3 is 0 Å². The first-order chi connectivity index (χ1) is 26.9. The maximum atomic E-state index is 6.89. The largest absolute Gasteiger partial charge is 0.495 e. The van der Waals surface area contributed by atoms with Gasteiger partial charge in [0.15, 0.2) is 45.3 Å². The third-order valence-electron chi connectivity index (χ3n) is 10.1. The molecule has 12 bridgehead atoms. The Morgan fingerprint density at radius 3 is 0.589 bits per heavy atom. The van der Waals surface area contributed by atoms with Crippen LogP contribution in [0.25, 0.3) is 65.4 Å². The Hall–Kier alpha value is -6.28. The summed E-state index contributed by atoms with van der Waals surface area (Å²) in [6.07, 6.45) is 0. The number of benzene rings is 6. The van der Waals surface area contributed by atoms with Gasteiger partial charge in [-0.3, -0.25) is 0 Å². The molecule has 7 rings (SSSR count). The molecule has 0 aliphatic rings. The standard InChI is InChI=1S/C48H48O8/c1-25-13-31-35-17-27(3)21-39(45(35)51-9)55-41-23-29(5)19-37(47(41)53-11)33-15-26(2)16-34(44(33)50-8)38-20-30(6)24-42(48(38)54-12)56-40-22-28(4)18-36(46(40)52-10)32(14-25)43(31)49-7/h13-24H,1-12H3. The van der Waals surface area contributed by atoms with Crippen molar-refractivity contribution in [2.24, 2.45) is 0 Å². The summed E-state index contributed by atoms with van der Waals surface area (Å²) in [6.45, 7) is 12.3. The van der Waals surface area contributed by atoms with Crippen LogP contribution in [0.1, 0.15) is 33.4 Å². The smallest absolute Gasteiger partial charge is 0.170 e. The van der Waals surface area contributed by atoms with Crippen molar-refractivity contribution in [2.45, 2.75) is 41.5 Å². The summed E-state index contributed by atoms with van der Waals surface area (Å²) in [6, 6.07) is 24.6. The van der Waals surface area contributed by atoms with Crippen molar-refractivity contribution in [1.82, 2.24) is 0 Å². The lowest BCUT2D eigenvalue weighted by molar-refractivity contribution is 0.405. The van der Waals surface area contributed by atoms with Crippen LogP contribution in [0.15, 0.2) is 81.6 Å². The Morgan fingerprint density at radius 2 is 0.411 bits per heavy atom. The third-order valence-corrected chi connectivity index (χ3v) is 10.1. The fourth-order valence-electron chi connectivity index (χ4n) is 7.93. The van der Waals surface area contributed by atoms with E-state index in [0.29, 0.717) is 56.8 Å².